The first-order valence-electron chi connectivity index (χ1n) is 25.8. The molecule has 4 aromatic rings. The Bertz CT molecular complexity index is 2580. The number of nitrogens with zero attached hydrogens (tertiary/aromatic N) is 4. The molecule has 4 aliphatic heterocycles. The first-order valence-corrected chi connectivity index (χ1v) is 25.8. The number of pyridine rings is 1. The number of hydrogen-bond donors (Lipinski definition) is 4. The van der Waals surface area contributed by atoms with Gasteiger partial charge in [0, 0.05) is 90.9 Å². The summed E-state index contributed by atoms with van der Waals surface area (Å²) in [6.07, 6.45) is 12.3. The first kappa shape index (κ1) is 47.7. The van der Waals surface area contributed by atoms with Gasteiger partial charge < -0.3 is 30.3 Å². The van der Waals surface area contributed by atoms with Crippen molar-refractivity contribution in [1.29, 1.82) is 0 Å². The molecule has 370 valence electrons. The summed E-state index contributed by atoms with van der Waals surface area (Å²) in [4.78, 5) is 74.7. The predicted octanol–water partition coefficient (Wildman–Crippen LogP) is 7.93. The fourth-order valence-corrected chi connectivity index (χ4v) is 12.3. The van der Waals surface area contributed by atoms with E-state index >= 15 is 0 Å². The van der Waals surface area contributed by atoms with Gasteiger partial charge in [0.25, 0.3) is 5.91 Å². The smallest absolute Gasteiger partial charge is 0.257 e. The number of carbonyl (C=O) groups excluding carboxylic acids is 5. The van der Waals surface area contributed by atoms with Gasteiger partial charge in [-0.15, -0.1) is 0 Å². The number of ether oxygens (including phenoxy) is 1. The van der Waals surface area contributed by atoms with Crippen LogP contribution in [0.15, 0.2) is 72.9 Å². The molecule has 2 aliphatic carbocycles. The molecule has 5 amide bonds. The summed E-state index contributed by atoms with van der Waals surface area (Å²) in [6.45, 7) is 6.32. The highest BCUT2D eigenvalue weighted by Crippen LogP contribution is 2.42. The van der Waals surface area contributed by atoms with E-state index in [2.05, 4.69) is 25.8 Å². The lowest BCUT2D eigenvalue weighted by Crippen LogP contribution is -2.53. The van der Waals surface area contributed by atoms with E-state index in [4.69, 9.17) is 4.74 Å². The average molecular weight is 956 g/mol. The van der Waals surface area contributed by atoms with Gasteiger partial charge in [0.1, 0.15) is 23.7 Å². The maximum absolute atomic E-state index is 14.1. The van der Waals surface area contributed by atoms with Gasteiger partial charge in [-0.25, -0.2) is 4.39 Å². The van der Waals surface area contributed by atoms with Crippen molar-refractivity contribution in [3.63, 3.8) is 0 Å². The largest absolute Gasteiger partial charge is 0.490 e. The number of amides is 5. The third-order valence-corrected chi connectivity index (χ3v) is 16.5. The van der Waals surface area contributed by atoms with Crippen LogP contribution in [-0.2, 0) is 19.2 Å². The Morgan fingerprint density at radius 2 is 1.54 bits per heavy atom. The summed E-state index contributed by atoms with van der Waals surface area (Å²) in [5.41, 5.74) is 4.39. The number of anilines is 2. The fourth-order valence-electron chi connectivity index (χ4n) is 12.3. The number of nitrogens with one attached hydrogen (secondary N) is 3. The van der Waals surface area contributed by atoms with Crippen molar-refractivity contribution in [2.24, 2.45) is 23.7 Å². The average Bonchev–Trinajstić information content (AvgIpc) is 3.62. The highest BCUT2D eigenvalue weighted by molar-refractivity contribution is 6.06. The SMILES string of the molecule is C[C@@H](C(=O)Nc1ccc(OC2CCN(C(=O)C3CCN(CC4CCC(Nc5ccc6c(c5)C(=O)N(C5CCC(=O)NC5=O)C6O)CC4)CC3)CC2)cc1)C1CCC(c2ccnc3ccc(F)cc23)CC1. The standard InChI is InChI=1S/C55H66FN7O7/c1-33(35-4-6-36(7-5-35)44-20-25-57-48-17-8-38(56)30-46(44)48)51(65)59-40-11-14-42(15-12-40)70-43-23-28-62(29-24-43)53(67)37-21-26-61(27-22-37)32-34-2-9-39(10-3-34)58-41-13-16-45-47(31-41)55(69)63(54(45)68)49-18-19-50(64)60-52(49)66/h8,11-17,20,25,30-31,33-37,39,43,49,54,58,68H,2-7,9-10,18-19,21-24,26-29,32H2,1H3,(H,59,65)(H,60,64,66)/t33-,34?,35?,36?,39?,49?,54?/m1/s1. The molecular formula is C55H66FN7O7. The van der Waals surface area contributed by atoms with Gasteiger partial charge in [-0.1, -0.05) is 13.0 Å². The van der Waals surface area contributed by atoms with Crippen LogP contribution in [0.5, 0.6) is 5.75 Å². The van der Waals surface area contributed by atoms with E-state index in [1.165, 1.54) is 11.0 Å². The maximum atomic E-state index is 14.1. The molecule has 0 spiro atoms. The Hall–Kier alpha value is -5.93. The number of piperidine rings is 3. The van der Waals surface area contributed by atoms with Crippen molar-refractivity contribution >= 4 is 51.8 Å². The van der Waals surface area contributed by atoms with Crippen molar-refractivity contribution < 1.29 is 38.2 Å². The van der Waals surface area contributed by atoms with E-state index in [1.54, 1.807) is 24.3 Å². The lowest BCUT2D eigenvalue weighted by atomic mass is 9.73. The third-order valence-electron chi connectivity index (χ3n) is 16.5. The Morgan fingerprint density at radius 1 is 0.814 bits per heavy atom. The van der Waals surface area contributed by atoms with E-state index in [0.717, 1.165) is 130 Å². The molecule has 3 atom stereocenters. The molecule has 10 rings (SSSR count). The van der Waals surface area contributed by atoms with E-state index in [9.17, 15) is 33.5 Å². The molecule has 2 unspecified atom stereocenters. The van der Waals surface area contributed by atoms with E-state index in [-0.39, 0.29) is 66.3 Å². The zero-order valence-electron chi connectivity index (χ0n) is 40.1. The minimum absolute atomic E-state index is 0.0196. The number of fused-ring (bicyclic) bond motifs is 2. The molecular weight excluding hydrogens is 890 g/mol. The highest BCUT2D eigenvalue weighted by Gasteiger charge is 2.44. The van der Waals surface area contributed by atoms with E-state index in [0.29, 0.717) is 36.1 Å². The molecule has 14 nitrogen and oxygen atoms in total. The molecule has 2 saturated carbocycles. The van der Waals surface area contributed by atoms with Crippen LogP contribution in [0.4, 0.5) is 15.8 Å². The lowest BCUT2D eigenvalue weighted by molar-refractivity contribution is -0.140. The van der Waals surface area contributed by atoms with Gasteiger partial charge in [0.05, 0.1) is 5.52 Å². The molecule has 4 N–H and O–H groups in total. The summed E-state index contributed by atoms with van der Waals surface area (Å²) in [6, 6.07) is 19.2. The monoisotopic (exact) mass is 956 g/mol. The van der Waals surface area contributed by atoms with E-state index in [1.807, 2.05) is 54.4 Å². The molecule has 3 saturated heterocycles. The van der Waals surface area contributed by atoms with Gasteiger partial charge in [-0.3, -0.25) is 39.2 Å². The zero-order valence-corrected chi connectivity index (χ0v) is 40.1. The molecule has 5 heterocycles. The molecule has 0 bridgehead atoms. The molecule has 1 aromatic heterocycles. The van der Waals surface area contributed by atoms with Gasteiger partial charge in [-0.2, -0.15) is 0 Å². The number of carbonyl (C=O) groups is 5. The molecule has 70 heavy (non-hydrogen) atoms. The normalized spacial score (nSPS) is 26.4. The van der Waals surface area contributed by atoms with Crippen molar-refractivity contribution in [2.45, 2.75) is 127 Å². The summed E-state index contributed by atoms with van der Waals surface area (Å²) >= 11 is 0. The van der Waals surface area contributed by atoms with Crippen LogP contribution in [0.25, 0.3) is 10.9 Å². The highest BCUT2D eigenvalue weighted by atomic mass is 19.1. The van der Waals surface area contributed by atoms with Crippen LogP contribution in [0.1, 0.15) is 130 Å². The van der Waals surface area contributed by atoms with Crippen LogP contribution >= 0.6 is 0 Å². The Kier molecular flexibility index (Phi) is 14.2. The number of hydrogen-bond acceptors (Lipinski definition) is 10. The molecule has 3 aromatic carbocycles. The molecule has 15 heteroatoms. The van der Waals surface area contributed by atoms with Crippen LogP contribution < -0.4 is 20.7 Å². The number of rotatable bonds is 12. The lowest BCUT2D eigenvalue weighted by Gasteiger charge is -2.39. The van der Waals surface area contributed by atoms with Crippen LogP contribution in [-0.4, -0.2) is 105 Å². The second kappa shape index (κ2) is 20.8. The number of imide groups is 1. The topological polar surface area (TPSA) is 174 Å². The molecule has 5 fully saturated rings. The van der Waals surface area contributed by atoms with Crippen molar-refractivity contribution in [3.05, 3.63) is 95.4 Å². The first-order chi connectivity index (χ1) is 33.9. The van der Waals surface area contributed by atoms with Crippen LogP contribution in [0, 0.1) is 29.5 Å². The minimum atomic E-state index is -1.23. The van der Waals surface area contributed by atoms with Crippen molar-refractivity contribution in [1.82, 2.24) is 25.0 Å². The van der Waals surface area contributed by atoms with Gasteiger partial charge in [0.15, 0.2) is 6.23 Å². The van der Waals surface area contributed by atoms with Crippen LogP contribution in [0.2, 0.25) is 0 Å². The van der Waals surface area contributed by atoms with Crippen molar-refractivity contribution in [3.8, 4) is 5.75 Å². The Morgan fingerprint density at radius 3 is 2.27 bits per heavy atom. The second-order valence-corrected chi connectivity index (χ2v) is 20.9. The molecule has 6 aliphatic rings. The zero-order chi connectivity index (χ0) is 48.5. The summed E-state index contributed by atoms with van der Waals surface area (Å²) < 4.78 is 20.4. The van der Waals surface area contributed by atoms with Gasteiger partial charge in [0.2, 0.25) is 23.6 Å². The number of halogens is 1. The number of likely N-dealkylation sites (tertiary alicyclic amines) is 2. The quantitative estimate of drug-likeness (QED) is 0.102. The predicted molar refractivity (Wildman–Crippen MR) is 263 cm³/mol. The second-order valence-electron chi connectivity index (χ2n) is 20.9. The van der Waals surface area contributed by atoms with Crippen molar-refractivity contribution in [2.75, 3.05) is 43.4 Å². The van der Waals surface area contributed by atoms with E-state index < -0.39 is 24.1 Å². The minimum Gasteiger partial charge on any atom is -0.490 e. The number of benzene rings is 3. The Balaban J connectivity index is 0.605. The third kappa shape index (κ3) is 10.4. The fraction of sp³-hybridized carbons (Fsp3) is 0.527. The van der Waals surface area contributed by atoms with Gasteiger partial charge in [-0.05, 0) is 168 Å². The summed E-state index contributed by atoms with van der Waals surface area (Å²) in [5.74, 6) is 0.626. The van der Waals surface area contributed by atoms with Crippen LogP contribution in [0.3, 0.4) is 0 Å². The van der Waals surface area contributed by atoms with Gasteiger partial charge >= 0.3 is 0 Å². The summed E-state index contributed by atoms with van der Waals surface area (Å²) in [5, 5.41) is 20.8. The number of aliphatic hydroxyl groups is 1. The molecule has 0 radical (unpaired) electrons. The maximum Gasteiger partial charge on any atom is 0.257 e. The number of aliphatic hydroxyl groups excluding tert-OH is 1. The Labute approximate surface area is 409 Å². The number of aromatic nitrogens is 1. The summed E-state index contributed by atoms with van der Waals surface area (Å²) in [7, 11) is 0.